The molecule has 2 aromatic rings. The minimum Gasteiger partial charge on any atom is -0.370 e. The molecule has 0 radical (unpaired) electrons. The van der Waals surface area contributed by atoms with E-state index in [2.05, 4.69) is 25.7 Å². The topological polar surface area (TPSA) is 32.6 Å². The number of pyridine rings is 1. The Morgan fingerprint density at radius 1 is 1.24 bits per heavy atom. The number of hydrogen-bond donors (Lipinski definition) is 1. The third-order valence-corrected chi connectivity index (χ3v) is 3.36. The van der Waals surface area contributed by atoms with Crippen LogP contribution in [0.15, 0.2) is 30.6 Å². The summed E-state index contributed by atoms with van der Waals surface area (Å²) in [4.78, 5) is 6.79. The Morgan fingerprint density at radius 3 is 3.00 bits per heavy atom. The van der Waals surface area contributed by atoms with Gasteiger partial charge in [0.1, 0.15) is 11.5 Å². The van der Waals surface area contributed by atoms with E-state index in [4.69, 9.17) is 0 Å². The first kappa shape index (κ1) is 10.6. The van der Waals surface area contributed by atoms with Crippen LogP contribution in [-0.4, -0.2) is 40.5 Å². The summed E-state index contributed by atoms with van der Waals surface area (Å²) >= 11 is 0. The predicted molar refractivity (Wildman–Crippen MR) is 69.4 cm³/mol. The Labute approximate surface area is 101 Å². The first-order chi connectivity index (χ1) is 8.43. The second kappa shape index (κ2) is 4.75. The third kappa shape index (κ3) is 2.26. The summed E-state index contributed by atoms with van der Waals surface area (Å²) in [5.41, 5.74) is 0.996. The van der Waals surface area contributed by atoms with Crippen LogP contribution in [0.4, 0.5) is 5.82 Å². The van der Waals surface area contributed by atoms with E-state index in [0.717, 1.165) is 24.6 Å². The lowest BCUT2D eigenvalue weighted by molar-refractivity contribution is 0.352. The minimum atomic E-state index is 0.996. The summed E-state index contributed by atoms with van der Waals surface area (Å²) in [6.45, 7) is 4.65. The molecular weight excluding hydrogens is 212 g/mol. The van der Waals surface area contributed by atoms with Gasteiger partial charge in [-0.3, -0.25) is 4.40 Å². The molecule has 1 fully saturated rings. The zero-order valence-electron chi connectivity index (χ0n) is 9.97. The van der Waals surface area contributed by atoms with Crippen LogP contribution in [-0.2, 0) is 0 Å². The predicted octanol–water partition coefficient (Wildman–Crippen LogP) is 1.84. The second-order valence-electron chi connectivity index (χ2n) is 4.54. The zero-order chi connectivity index (χ0) is 11.5. The molecular formula is C13H18N4. The molecule has 90 valence electrons. The van der Waals surface area contributed by atoms with Gasteiger partial charge in [-0.2, -0.15) is 0 Å². The summed E-state index contributed by atoms with van der Waals surface area (Å²) in [6, 6.07) is 6.16. The lowest BCUT2D eigenvalue weighted by Gasteiger charge is -2.15. The number of aromatic nitrogens is 2. The molecule has 1 saturated heterocycles. The molecule has 0 unspecified atom stereocenters. The van der Waals surface area contributed by atoms with Gasteiger partial charge in [0.05, 0.1) is 0 Å². The molecule has 17 heavy (non-hydrogen) atoms. The van der Waals surface area contributed by atoms with Crippen molar-refractivity contribution >= 4 is 11.5 Å². The van der Waals surface area contributed by atoms with Crippen molar-refractivity contribution in [1.82, 2.24) is 14.3 Å². The highest BCUT2D eigenvalue weighted by Crippen LogP contribution is 2.11. The van der Waals surface area contributed by atoms with Crippen LogP contribution in [0.2, 0.25) is 0 Å². The Balaban J connectivity index is 1.62. The van der Waals surface area contributed by atoms with Gasteiger partial charge in [0.2, 0.25) is 0 Å². The van der Waals surface area contributed by atoms with Crippen molar-refractivity contribution in [1.29, 1.82) is 0 Å². The van der Waals surface area contributed by atoms with E-state index in [1.807, 2.05) is 24.5 Å². The highest BCUT2D eigenvalue weighted by molar-refractivity contribution is 5.49. The van der Waals surface area contributed by atoms with E-state index in [0.29, 0.717) is 0 Å². The molecule has 3 rings (SSSR count). The number of likely N-dealkylation sites (tertiary alicyclic amines) is 1. The van der Waals surface area contributed by atoms with Crippen molar-refractivity contribution in [3.63, 3.8) is 0 Å². The normalized spacial score (nSPS) is 16.7. The van der Waals surface area contributed by atoms with Gasteiger partial charge in [-0.1, -0.05) is 6.07 Å². The standard InChI is InChI=1S/C13H18N4/c1-2-9-16(8-1)10-6-14-12-4-3-5-13-15-7-11-17(12)13/h3-5,7,11,14H,1-2,6,8-10H2. The maximum Gasteiger partial charge on any atom is 0.138 e. The van der Waals surface area contributed by atoms with Crippen LogP contribution >= 0.6 is 0 Å². The average molecular weight is 230 g/mol. The maximum atomic E-state index is 4.28. The largest absolute Gasteiger partial charge is 0.370 e. The number of fused-ring (bicyclic) bond motifs is 1. The molecule has 3 heterocycles. The Bertz CT molecular complexity index is 485. The van der Waals surface area contributed by atoms with E-state index in [-0.39, 0.29) is 0 Å². The first-order valence-electron chi connectivity index (χ1n) is 6.32. The quantitative estimate of drug-likeness (QED) is 0.870. The van der Waals surface area contributed by atoms with Gasteiger partial charge in [0.15, 0.2) is 0 Å². The molecule has 1 N–H and O–H groups in total. The van der Waals surface area contributed by atoms with Gasteiger partial charge in [-0.15, -0.1) is 0 Å². The molecule has 4 nitrogen and oxygen atoms in total. The van der Waals surface area contributed by atoms with Crippen LogP contribution in [0.3, 0.4) is 0 Å². The fourth-order valence-corrected chi connectivity index (χ4v) is 2.44. The van der Waals surface area contributed by atoms with Crippen LogP contribution in [0, 0.1) is 0 Å². The summed E-state index contributed by atoms with van der Waals surface area (Å²) < 4.78 is 2.09. The molecule has 4 heteroatoms. The van der Waals surface area contributed by atoms with E-state index in [1.54, 1.807) is 0 Å². The van der Waals surface area contributed by atoms with Crippen molar-refractivity contribution in [2.24, 2.45) is 0 Å². The fourth-order valence-electron chi connectivity index (χ4n) is 2.44. The molecule has 2 aromatic heterocycles. The molecule has 1 aliphatic heterocycles. The van der Waals surface area contributed by atoms with Crippen LogP contribution in [0.1, 0.15) is 12.8 Å². The van der Waals surface area contributed by atoms with Crippen LogP contribution in [0.25, 0.3) is 5.65 Å². The summed E-state index contributed by atoms with van der Waals surface area (Å²) in [7, 11) is 0. The summed E-state index contributed by atoms with van der Waals surface area (Å²) in [5, 5.41) is 3.48. The molecule has 0 aromatic carbocycles. The number of imidazole rings is 1. The SMILES string of the molecule is c1cc(NCCN2CCCC2)n2ccnc2c1. The zero-order valence-corrected chi connectivity index (χ0v) is 9.97. The van der Waals surface area contributed by atoms with Gasteiger partial charge >= 0.3 is 0 Å². The number of nitrogens with zero attached hydrogens (tertiary/aromatic N) is 3. The Kier molecular flexibility index (Phi) is 2.96. The monoisotopic (exact) mass is 230 g/mol. The van der Waals surface area contributed by atoms with E-state index in [9.17, 15) is 0 Å². The molecule has 0 bridgehead atoms. The smallest absolute Gasteiger partial charge is 0.138 e. The third-order valence-electron chi connectivity index (χ3n) is 3.36. The van der Waals surface area contributed by atoms with Crippen molar-refractivity contribution in [2.45, 2.75) is 12.8 Å². The molecule has 0 spiro atoms. The van der Waals surface area contributed by atoms with Gasteiger partial charge in [0, 0.05) is 25.5 Å². The fraction of sp³-hybridized carbons (Fsp3) is 0.462. The summed E-state index contributed by atoms with van der Waals surface area (Å²) in [5.74, 6) is 1.12. The van der Waals surface area contributed by atoms with Gasteiger partial charge in [0.25, 0.3) is 0 Å². The number of hydrogen-bond acceptors (Lipinski definition) is 3. The van der Waals surface area contributed by atoms with Gasteiger partial charge in [-0.25, -0.2) is 4.98 Å². The molecule has 0 amide bonds. The number of anilines is 1. The first-order valence-corrected chi connectivity index (χ1v) is 6.32. The molecule has 0 aliphatic carbocycles. The van der Waals surface area contributed by atoms with Crippen molar-refractivity contribution < 1.29 is 0 Å². The van der Waals surface area contributed by atoms with Crippen molar-refractivity contribution in [3.8, 4) is 0 Å². The molecule has 0 saturated carbocycles. The number of nitrogens with one attached hydrogen (secondary N) is 1. The highest BCUT2D eigenvalue weighted by atomic mass is 15.2. The average Bonchev–Trinajstić information content (AvgIpc) is 2.99. The Hall–Kier alpha value is -1.55. The lowest BCUT2D eigenvalue weighted by Crippen LogP contribution is -2.26. The number of rotatable bonds is 4. The van der Waals surface area contributed by atoms with Gasteiger partial charge < -0.3 is 10.2 Å². The maximum absolute atomic E-state index is 4.28. The lowest BCUT2D eigenvalue weighted by atomic mass is 10.4. The van der Waals surface area contributed by atoms with E-state index in [1.165, 1.54) is 25.9 Å². The van der Waals surface area contributed by atoms with Crippen molar-refractivity contribution in [3.05, 3.63) is 30.6 Å². The Morgan fingerprint density at radius 2 is 2.12 bits per heavy atom. The highest BCUT2D eigenvalue weighted by Gasteiger charge is 2.10. The van der Waals surface area contributed by atoms with E-state index >= 15 is 0 Å². The molecule has 0 atom stereocenters. The molecule has 1 aliphatic rings. The second-order valence-corrected chi connectivity index (χ2v) is 4.54. The van der Waals surface area contributed by atoms with Crippen LogP contribution < -0.4 is 5.32 Å². The summed E-state index contributed by atoms with van der Waals surface area (Å²) in [6.07, 6.45) is 6.54. The van der Waals surface area contributed by atoms with Gasteiger partial charge in [-0.05, 0) is 38.1 Å². The van der Waals surface area contributed by atoms with Crippen LogP contribution in [0.5, 0.6) is 0 Å². The minimum absolute atomic E-state index is 0.996. The van der Waals surface area contributed by atoms with E-state index < -0.39 is 0 Å². The van der Waals surface area contributed by atoms with Crippen molar-refractivity contribution in [2.75, 3.05) is 31.5 Å².